The molecule has 0 heterocycles. The van der Waals surface area contributed by atoms with Gasteiger partial charge in [-0.2, -0.15) is 0 Å². The fraction of sp³-hybridized carbons (Fsp3) is 0.462. The molecule has 0 aliphatic carbocycles. The quantitative estimate of drug-likeness (QED) is 0.469. The van der Waals surface area contributed by atoms with Gasteiger partial charge in [0.2, 0.25) is 5.91 Å². The first-order valence-electron chi connectivity index (χ1n) is 11.2. The number of carbonyl (C=O) groups is 2. The number of rotatable bonds is 10. The van der Waals surface area contributed by atoms with Gasteiger partial charge < -0.3 is 15.0 Å². The number of nitrogens with one attached hydrogen (secondary N) is 1. The number of hydrogen-bond acceptors (Lipinski definition) is 3. The number of carbonyl (C=O) groups excluding carboxylic acids is 2. The SMILES string of the molecule is CCCNC(=O)[C@H](CC)N(Cc1ccccc1)C(=O)COc1ccc(C(C)(C)C)cc1Br. The molecule has 0 spiro atoms. The van der Waals surface area contributed by atoms with Crippen LogP contribution in [0.1, 0.15) is 58.6 Å². The predicted molar refractivity (Wildman–Crippen MR) is 133 cm³/mol. The molecule has 1 N–H and O–H groups in total. The smallest absolute Gasteiger partial charge is 0.261 e. The molecule has 2 aromatic rings. The van der Waals surface area contributed by atoms with Crippen LogP contribution in [0.2, 0.25) is 0 Å². The summed E-state index contributed by atoms with van der Waals surface area (Å²) in [4.78, 5) is 27.6. The maximum atomic E-state index is 13.2. The average molecular weight is 503 g/mol. The van der Waals surface area contributed by atoms with Crippen LogP contribution in [-0.2, 0) is 21.5 Å². The number of halogens is 1. The van der Waals surface area contributed by atoms with Crippen LogP contribution in [0.15, 0.2) is 53.0 Å². The van der Waals surface area contributed by atoms with E-state index in [1.54, 1.807) is 4.90 Å². The molecule has 0 fully saturated rings. The minimum absolute atomic E-state index is 0.0174. The topological polar surface area (TPSA) is 58.6 Å². The van der Waals surface area contributed by atoms with E-state index >= 15 is 0 Å². The highest BCUT2D eigenvalue weighted by molar-refractivity contribution is 9.10. The zero-order valence-electron chi connectivity index (χ0n) is 19.8. The summed E-state index contributed by atoms with van der Waals surface area (Å²) in [5.74, 6) is 0.253. The van der Waals surface area contributed by atoms with Crippen LogP contribution in [0.25, 0.3) is 0 Å². The lowest BCUT2D eigenvalue weighted by atomic mass is 9.87. The van der Waals surface area contributed by atoms with Crippen molar-refractivity contribution in [3.63, 3.8) is 0 Å². The van der Waals surface area contributed by atoms with Crippen LogP contribution in [0, 0.1) is 0 Å². The fourth-order valence-electron chi connectivity index (χ4n) is 3.37. The number of benzene rings is 2. The van der Waals surface area contributed by atoms with E-state index in [1.807, 2.05) is 62.4 Å². The normalized spacial score (nSPS) is 12.2. The van der Waals surface area contributed by atoms with E-state index in [9.17, 15) is 9.59 Å². The maximum Gasteiger partial charge on any atom is 0.261 e. The molecule has 174 valence electrons. The molecule has 5 nitrogen and oxygen atoms in total. The third-order valence-corrected chi connectivity index (χ3v) is 5.90. The summed E-state index contributed by atoms with van der Waals surface area (Å²) in [5.41, 5.74) is 2.16. The Labute approximate surface area is 200 Å². The molecule has 0 saturated carbocycles. The fourth-order valence-corrected chi connectivity index (χ4v) is 3.87. The van der Waals surface area contributed by atoms with Gasteiger partial charge in [0, 0.05) is 13.1 Å². The first-order chi connectivity index (χ1) is 15.2. The number of ether oxygens (including phenoxy) is 1. The van der Waals surface area contributed by atoms with Gasteiger partial charge in [0.15, 0.2) is 6.61 Å². The molecular weight excluding hydrogens is 468 g/mol. The van der Waals surface area contributed by atoms with Gasteiger partial charge in [-0.3, -0.25) is 9.59 Å². The van der Waals surface area contributed by atoms with Crippen LogP contribution < -0.4 is 10.1 Å². The van der Waals surface area contributed by atoms with Gasteiger partial charge in [-0.25, -0.2) is 0 Å². The van der Waals surface area contributed by atoms with Crippen molar-refractivity contribution in [2.24, 2.45) is 0 Å². The molecule has 0 saturated heterocycles. The van der Waals surface area contributed by atoms with E-state index in [1.165, 1.54) is 5.56 Å². The molecule has 0 unspecified atom stereocenters. The molecule has 2 aromatic carbocycles. The second-order valence-electron chi connectivity index (χ2n) is 8.91. The van der Waals surface area contributed by atoms with Crippen molar-refractivity contribution in [2.45, 2.75) is 65.5 Å². The van der Waals surface area contributed by atoms with Crippen molar-refractivity contribution in [1.82, 2.24) is 10.2 Å². The van der Waals surface area contributed by atoms with E-state index in [0.717, 1.165) is 16.5 Å². The van der Waals surface area contributed by atoms with Crippen LogP contribution in [0.5, 0.6) is 5.75 Å². The number of amides is 2. The summed E-state index contributed by atoms with van der Waals surface area (Å²) in [7, 11) is 0. The zero-order chi connectivity index (χ0) is 23.7. The van der Waals surface area contributed by atoms with Gasteiger partial charge in [0.25, 0.3) is 5.91 Å². The molecule has 2 amide bonds. The lowest BCUT2D eigenvalue weighted by Gasteiger charge is -2.30. The predicted octanol–water partition coefficient (Wildman–Crippen LogP) is 5.46. The maximum absolute atomic E-state index is 13.2. The second-order valence-corrected chi connectivity index (χ2v) is 9.76. The Morgan fingerprint density at radius 2 is 1.78 bits per heavy atom. The molecule has 32 heavy (non-hydrogen) atoms. The standard InChI is InChI=1S/C26H35BrN2O3/c1-6-15-28-25(31)22(7-2)29(17-19-11-9-8-10-12-19)24(30)18-32-23-14-13-20(16-21(23)27)26(3,4)5/h8-14,16,22H,6-7,15,17-18H2,1-5H3,(H,28,31)/t22-/m0/s1. The summed E-state index contributed by atoms with van der Waals surface area (Å²) < 4.78 is 6.68. The van der Waals surface area contributed by atoms with Crippen molar-refractivity contribution in [2.75, 3.05) is 13.2 Å². The summed E-state index contributed by atoms with van der Waals surface area (Å²) in [6.07, 6.45) is 1.37. The van der Waals surface area contributed by atoms with Crippen LogP contribution in [0.3, 0.4) is 0 Å². The van der Waals surface area contributed by atoms with Gasteiger partial charge >= 0.3 is 0 Å². The second kappa shape index (κ2) is 12.0. The molecule has 0 aliphatic rings. The Morgan fingerprint density at radius 3 is 2.34 bits per heavy atom. The molecule has 0 radical (unpaired) electrons. The summed E-state index contributed by atoms with van der Waals surface area (Å²) in [6, 6.07) is 15.1. The van der Waals surface area contributed by atoms with Crippen LogP contribution >= 0.6 is 15.9 Å². The van der Waals surface area contributed by atoms with Crippen molar-refractivity contribution in [3.05, 3.63) is 64.1 Å². The molecule has 0 aliphatic heterocycles. The van der Waals surface area contributed by atoms with E-state index in [2.05, 4.69) is 42.0 Å². The third-order valence-electron chi connectivity index (χ3n) is 5.28. The molecule has 1 atom stereocenters. The highest BCUT2D eigenvalue weighted by Gasteiger charge is 2.29. The van der Waals surface area contributed by atoms with E-state index < -0.39 is 6.04 Å². The van der Waals surface area contributed by atoms with Crippen LogP contribution in [0.4, 0.5) is 0 Å². The van der Waals surface area contributed by atoms with Gasteiger partial charge in [-0.15, -0.1) is 0 Å². The molecule has 2 rings (SSSR count). The summed E-state index contributed by atoms with van der Waals surface area (Å²) in [6.45, 7) is 11.2. The first-order valence-corrected chi connectivity index (χ1v) is 12.0. The number of hydrogen-bond donors (Lipinski definition) is 1. The Bertz CT molecular complexity index is 894. The minimum atomic E-state index is -0.551. The lowest BCUT2D eigenvalue weighted by molar-refractivity contribution is -0.143. The van der Waals surface area contributed by atoms with E-state index in [4.69, 9.17) is 4.74 Å². The van der Waals surface area contributed by atoms with Gasteiger partial charge in [-0.1, -0.05) is 71.0 Å². The molecule has 0 bridgehead atoms. The Kier molecular flexibility index (Phi) is 9.76. The van der Waals surface area contributed by atoms with E-state index in [0.29, 0.717) is 25.3 Å². The zero-order valence-corrected chi connectivity index (χ0v) is 21.4. The molecular formula is C26H35BrN2O3. The minimum Gasteiger partial charge on any atom is -0.483 e. The number of nitrogens with zero attached hydrogens (tertiary/aromatic N) is 1. The summed E-state index contributed by atoms with van der Waals surface area (Å²) >= 11 is 3.56. The van der Waals surface area contributed by atoms with Crippen molar-refractivity contribution < 1.29 is 14.3 Å². The lowest BCUT2D eigenvalue weighted by Crippen LogP contribution is -2.50. The van der Waals surface area contributed by atoms with Crippen molar-refractivity contribution >= 4 is 27.7 Å². The third kappa shape index (κ3) is 7.37. The van der Waals surface area contributed by atoms with Gasteiger partial charge in [0.05, 0.1) is 4.47 Å². The van der Waals surface area contributed by atoms with Crippen LogP contribution in [-0.4, -0.2) is 35.9 Å². The van der Waals surface area contributed by atoms with Gasteiger partial charge in [0.1, 0.15) is 11.8 Å². The average Bonchev–Trinajstić information content (AvgIpc) is 2.76. The molecule has 0 aromatic heterocycles. The first kappa shape index (κ1) is 25.9. The highest BCUT2D eigenvalue weighted by atomic mass is 79.9. The highest BCUT2D eigenvalue weighted by Crippen LogP contribution is 2.31. The van der Waals surface area contributed by atoms with E-state index in [-0.39, 0.29) is 23.8 Å². The summed E-state index contributed by atoms with van der Waals surface area (Å²) in [5, 5.41) is 2.93. The Hall–Kier alpha value is -2.34. The largest absolute Gasteiger partial charge is 0.483 e. The Morgan fingerprint density at radius 1 is 1.09 bits per heavy atom. The molecule has 6 heteroatoms. The van der Waals surface area contributed by atoms with Gasteiger partial charge in [-0.05, 0) is 57.4 Å². The van der Waals surface area contributed by atoms with Crippen molar-refractivity contribution in [3.8, 4) is 5.75 Å². The Balaban J connectivity index is 2.19. The van der Waals surface area contributed by atoms with Crippen molar-refractivity contribution in [1.29, 1.82) is 0 Å². The monoisotopic (exact) mass is 502 g/mol.